The van der Waals surface area contributed by atoms with Crippen LogP contribution >= 0.6 is 0 Å². The lowest BCUT2D eigenvalue weighted by Crippen LogP contribution is -2.37. The van der Waals surface area contributed by atoms with E-state index in [-0.39, 0.29) is 0 Å². The fourth-order valence-corrected chi connectivity index (χ4v) is 1.87. The normalized spacial score (nSPS) is 11.5. The molecule has 0 spiro atoms. The molecule has 0 saturated heterocycles. The number of unbranched alkanes of at least 4 members (excludes halogenated alkanes) is 1. The molecule has 0 amide bonds. The molecule has 0 atom stereocenters. The average molecular weight is 292 g/mol. The van der Waals surface area contributed by atoms with Crippen molar-refractivity contribution in [2.45, 2.75) is 40.2 Å². The third-order valence-electron chi connectivity index (χ3n) is 2.90. The number of guanidine groups is 1. The molecule has 1 aromatic heterocycles. The van der Waals surface area contributed by atoms with Gasteiger partial charge in [-0.2, -0.15) is 0 Å². The van der Waals surface area contributed by atoms with Crippen LogP contribution in [0.25, 0.3) is 0 Å². The molecule has 0 unspecified atom stereocenters. The Morgan fingerprint density at radius 1 is 1.24 bits per heavy atom. The Hall–Kier alpha value is -1.62. The van der Waals surface area contributed by atoms with Gasteiger partial charge >= 0.3 is 0 Å². The molecule has 5 nitrogen and oxygen atoms in total. The number of aryl methyl sites for hydroxylation is 1. The average Bonchev–Trinajstić information content (AvgIpc) is 2.48. The topological polar surface area (TPSA) is 58.5 Å². The largest absolute Gasteiger partial charge is 0.382 e. The highest BCUT2D eigenvalue weighted by molar-refractivity contribution is 5.79. The highest BCUT2D eigenvalue weighted by Gasteiger charge is 1.98. The van der Waals surface area contributed by atoms with Crippen LogP contribution in [0.4, 0.5) is 0 Å². The van der Waals surface area contributed by atoms with Crippen molar-refractivity contribution in [3.63, 3.8) is 0 Å². The summed E-state index contributed by atoms with van der Waals surface area (Å²) in [7, 11) is 0. The maximum absolute atomic E-state index is 5.32. The zero-order chi connectivity index (χ0) is 15.3. The van der Waals surface area contributed by atoms with Gasteiger partial charge < -0.3 is 15.4 Å². The van der Waals surface area contributed by atoms with Crippen LogP contribution < -0.4 is 10.6 Å². The van der Waals surface area contributed by atoms with Crippen LogP contribution in [0.2, 0.25) is 0 Å². The monoisotopic (exact) mass is 292 g/mol. The Morgan fingerprint density at radius 2 is 2.10 bits per heavy atom. The van der Waals surface area contributed by atoms with Crippen molar-refractivity contribution in [1.82, 2.24) is 15.6 Å². The first-order valence-corrected chi connectivity index (χ1v) is 7.78. The van der Waals surface area contributed by atoms with Crippen LogP contribution in [-0.4, -0.2) is 37.2 Å². The Kier molecular flexibility index (Phi) is 9.20. The van der Waals surface area contributed by atoms with Gasteiger partial charge in [0.15, 0.2) is 5.96 Å². The third kappa shape index (κ3) is 8.30. The number of aliphatic imine (C=N–C) groups is 1. The van der Waals surface area contributed by atoms with Crippen LogP contribution in [0.1, 0.15) is 38.1 Å². The Morgan fingerprint density at radius 3 is 2.81 bits per heavy atom. The first-order valence-electron chi connectivity index (χ1n) is 7.78. The van der Waals surface area contributed by atoms with E-state index in [1.807, 2.05) is 32.0 Å². The second kappa shape index (κ2) is 11.1. The minimum Gasteiger partial charge on any atom is -0.382 e. The molecule has 0 aliphatic heterocycles. The molecule has 21 heavy (non-hydrogen) atoms. The smallest absolute Gasteiger partial charge is 0.191 e. The van der Waals surface area contributed by atoms with Gasteiger partial charge in [0.05, 0.1) is 12.2 Å². The minimum atomic E-state index is 0.593. The second-order valence-corrected chi connectivity index (χ2v) is 4.80. The van der Waals surface area contributed by atoms with Gasteiger partial charge in [0.1, 0.15) is 0 Å². The molecule has 0 aliphatic rings. The molecule has 0 radical (unpaired) electrons. The standard InChI is InChI=1S/C16H28N4O/c1-4-17-16(18-11-6-7-12-21-5-2)19-13-15-10-8-9-14(3)20-15/h8-10H,4-7,11-13H2,1-3H3,(H2,17,18,19). The molecule has 0 aromatic carbocycles. The lowest BCUT2D eigenvalue weighted by molar-refractivity contribution is 0.143. The molecule has 0 bridgehead atoms. The quantitative estimate of drug-likeness (QED) is 0.416. The first-order chi connectivity index (χ1) is 10.3. The third-order valence-corrected chi connectivity index (χ3v) is 2.90. The van der Waals surface area contributed by atoms with E-state index < -0.39 is 0 Å². The zero-order valence-corrected chi connectivity index (χ0v) is 13.5. The SMILES string of the molecule is CCNC(=NCc1cccc(C)n1)NCCCCOCC. The Balaban J connectivity index is 2.35. The molecule has 5 heteroatoms. The summed E-state index contributed by atoms with van der Waals surface area (Å²) in [5, 5.41) is 6.59. The summed E-state index contributed by atoms with van der Waals surface area (Å²) in [6, 6.07) is 6.01. The summed E-state index contributed by atoms with van der Waals surface area (Å²) in [5.41, 5.74) is 2.01. The van der Waals surface area contributed by atoms with E-state index in [1.165, 1.54) is 0 Å². The van der Waals surface area contributed by atoms with Gasteiger partial charge in [0.25, 0.3) is 0 Å². The lowest BCUT2D eigenvalue weighted by Gasteiger charge is -2.11. The van der Waals surface area contributed by atoms with E-state index >= 15 is 0 Å². The molecular formula is C16H28N4O. The van der Waals surface area contributed by atoms with Gasteiger partial charge in [-0.15, -0.1) is 0 Å². The number of ether oxygens (including phenoxy) is 1. The maximum Gasteiger partial charge on any atom is 0.191 e. The maximum atomic E-state index is 5.32. The molecule has 1 rings (SSSR count). The van der Waals surface area contributed by atoms with Crippen LogP contribution in [0.5, 0.6) is 0 Å². The lowest BCUT2D eigenvalue weighted by atomic mass is 10.3. The number of hydrogen-bond donors (Lipinski definition) is 2. The summed E-state index contributed by atoms with van der Waals surface area (Å²) in [5.74, 6) is 0.845. The fourth-order valence-electron chi connectivity index (χ4n) is 1.87. The predicted octanol–water partition coefficient (Wildman–Crippen LogP) is 2.26. The van der Waals surface area contributed by atoms with Gasteiger partial charge in [0, 0.05) is 32.0 Å². The number of rotatable bonds is 9. The number of nitrogens with zero attached hydrogens (tertiary/aromatic N) is 2. The van der Waals surface area contributed by atoms with Crippen molar-refractivity contribution in [2.75, 3.05) is 26.3 Å². The van der Waals surface area contributed by atoms with Gasteiger partial charge in [-0.3, -0.25) is 4.98 Å². The van der Waals surface area contributed by atoms with E-state index in [0.717, 1.165) is 56.5 Å². The molecular weight excluding hydrogens is 264 g/mol. The van der Waals surface area contributed by atoms with E-state index in [1.54, 1.807) is 0 Å². The Bertz CT molecular complexity index is 420. The van der Waals surface area contributed by atoms with Gasteiger partial charge in [-0.1, -0.05) is 6.07 Å². The molecule has 1 aromatic rings. The Labute approximate surface area is 128 Å². The molecule has 0 aliphatic carbocycles. The van der Waals surface area contributed by atoms with E-state index in [0.29, 0.717) is 6.54 Å². The number of nitrogens with one attached hydrogen (secondary N) is 2. The van der Waals surface area contributed by atoms with Crippen LogP contribution in [0.15, 0.2) is 23.2 Å². The van der Waals surface area contributed by atoms with E-state index in [2.05, 4.69) is 27.5 Å². The zero-order valence-electron chi connectivity index (χ0n) is 13.5. The summed E-state index contributed by atoms with van der Waals surface area (Å²) in [4.78, 5) is 9.02. The predicted molar refractivity (Wildman–Crippen MR) is 87.5 cm³/mol. The number of aromatic nitrogens is 1. The van der Waals surface area contributed by atoms with Crippen LogP contribution in [0, 0.1) is 6.92 Å². The number of pyridine rings is 1. The van der Waals surface area contributed by atoms with E-state index in [4.69, 9.17) is 4.74 Å². The van der Waals surface area contributed by atoms with Crippen molar-refractivity contribution < 1.29 is 4.74 Å². The molecule has 2 N–H and O–H groups in total. The van der Waals surface area contributed by atoms with E-state index in [9.17, 15) is 0 Å². The van der Waals surface area contributed by atoms with Gasteiger partial charge in [-0.05, 0) is 45.7 Å². The van der Waals surface area contributed by atoms with Crippen molar-refractivity contribution in [2.24, 2.45) is 4.99 Å². The molecule has 0 fully saturated rings. The minimum absolute atomic E-state index is 0.593. The van der Waals surface area contributed by atoms with Crippen LogP contribution in [0.3, 0.4) is 0 Å². The summed E-state index contributed by atoms with van der Waals surface area (Å²) < 4.78 is 5.32. The van der Waals surface area contributed by atoms with Crippen molar-refractivity contribution in [3.05, 3.63) is 29.6 Å². The molecule has 0 saturated carbocycles. The second-order valence-electron chi connectivity index (χ2n) is 4.80. The van der Waals surface area contributed by atoms with Crippen molar-refractivity contribution >= 4 is 5.96 Å². The first kappa shape index (κ1) is 17.4. The van der Waals surface area contributed by atoms with Crippen LogP contribution in [-0.2, 0) is 11.3 Å². The van der Waals surface area contributed by atoms with Crippen molar-refractivity contribution in [1.29, 1.82) is 0 Å². The highest BCUT2D eigenvalue weighted by atomic mass is 16.5. The summed E-state index contributed by atoms with van der Waals surface area (Å²) >= 11 is 0. The molecule has 118 valence electrons. The molecule has 1 heterocycles. The van der Waals surface area contributed by atoms with Gasteiger partial charge in [-0.25, -0.2) is 4.99 Å². The fraction of sp³-hybridized carbons (Fsp3) is 0.625. The number of hydrogen-bond acceptors (Lipinski definition) is 3. The van der Waals surface area contributed by atoms with Gasteiger partial charge in [0.2, 0.25) is 0 Å². The highest BCUT2D eigenvalue weighted by Crippen LogP contribution is 1.99. The van der Waals surface area contributed by atoms with Crippen molar-refractivity contribution in [3.8, 4) is 0 Å². The summed E-state index contributed by atoms with van der Waals surface area (Å²) in [6.07, 6.45) is 2.15. The summed E-state index contributed by atoms with van der Waals surface area (Å²) in [6.45, 7) is 10.1.